The van der Waals surface area contributed by atoms with Crippen LogP contribution in [0, 0.1) is 0 Å². The van der Waals surface area contributed by atoms with Crippen molar-refractivity contribution in [1.82, 2.24) is 49.1 Å². The number of rotatable bonds is 16. The minimum absolute atomic E-state index is 0.0728. The Morgan fingerprint density at radius 3 is 1.44 bits per heavy atom. The van der Waals surface area contributed by atoms with Gasteiger partial charge in [-0.1, -0.05) is 26.7 Å². The summed E-state index contributed by atoms with van der Waals surface area (Å²) in [5.41, 5.74) is 2.09. The average molecular weight is 715 g/mol. The molecule has 52 heavy (non-hydrogen) atoms. The fraction of sp³-hybridized carbons (Fsp3) is 0.438. The van der Waals surface area contributed by atoms with Gasteiger partial charge in [-0.3, -0.25) is 0 Å². The van der Waals surface area contributed by atoms with Gasteiger partial charge in [0.25, 0.3) is 0 Å². The van der Waals surface area contributed by atoms with Crippen molar-refractivity contribution in [2.45, 2.75) is 52.4 Å². The molecule has 0 saturated heterocycles. The maximum absolute atomic E-state index is 11.8. The summed E-state index contributed by atoms with van der Waals surface area (Å²) >= 11 is 0. The predicted molar refractivity (Wildman–Crippen MR) is 191 cm³/mol. The lowest BCUT2D eigenvalue weighted by Gasteiger charge is -2.17. The maximum atomic E-state index is 11.8. The van der Waals surface area contributed by atoms with E-state index < -0.39 is 11.9 Å². The van der Waals surface area contributed by atoms with Crippen molar-refractivity contribution in [3.8, 4) is 11.6 Å². The lowest BCUT2D eigenvalue weighted by molar-refractivity contribution is 0.0686. The quantitative estimate of drug-likeness (QED) is 0.123. The normalized spacial score (nSPS) is 11.7. The van der Waals surface area contributed by atoms with Gasteiger partial charge < -0.3 is 20.0 Å². The van der Waals surface area contributed by atoms with Crippen molar-refractivity contribution in [2.24, 2.45) is 34.6 Å². The van der Waals surface area contributed by atoms with Crippen LogP contribution < -0.4 is 9.80 Å². The summed E-state index contributed by atoms with van der Waals surface area (Å²) in [5.74, 6) is -0.167. The Bertz CT molecular complexity index is 1990. The standard InChI is InChI=1S/C32H42N16O4/c1-9-11-13-21-25(37-39-27-19(31(49)50)16-35-45(27)7)29(43(3)4)47(41-21)23-15-24(34-18-33-23)48-30(44(5)6)26(22(42-48)14-12-10-2)38-40-28-20(32(51)52)17-36-46(28)8/h15-18H,9-14H2,1-8H3,(H,49,50)(H,51,52). The number of hydrogen-bond donors (Lipinski definition) is 2. The number of carboxylic acids is 2. The van der Waals surface area contributed by atoms with Gasteiger partial charge in [0, 0.05) is 48.4 Å². The van der Waals surface area contributed by atoms with E-state index in [-0.39, 0.29) is 22.8 Å². The smallest absolute Gasteiger partial charge is 0.341 e. The molecular formula is C32H42N16O4. The molecule has 274 valence electrons. The van der Waals surface area contributed by atoms with E-state index in [0.29, 0.717) is 58.9 Å². The van der Waals surface area contributed by atoms with Crippen LogP contribution in [-0.4, -0.2) is 99.4 Å². The molecule has 0 aliphatic rings. The van der Waals surface area contributed by atoms with Gasteiger partial charge in [0.2, 0.25) is 0 Å². The zero-order valence-electron chi connectivity index (χ0n) is 30.4. The summed E-state index contributed by atoms with van der Waals surface area (Å²) in [7, 11) is 10.6. The summed E-state index contributed by atoms with van der Waals surface area (Å²) in [6.07, 6.45) is 8.54. The molecular weight excluding hydrogens is 672 g/mol. The summed E-state index contributed by atoms with van der Waals surface area (Å²) in [4.78, 5) is 36.4. The Hall–Kier alpha value is -6.34. The highest BCUT2D eigenvalue weighted by molar-refractivity contribution is 5.92. The van der Waals surface area contributed by atoms with E-state index >= 15 is 0 Å². The van der Waals surface area contributed by atoms with Crippen LogP contribution >= 0.6 is 0 Å². The number of anilines is 2. The van der Waals surface area contributed by atoms with Crippen molar-refractivity contribution in [2.75, 3.05) is 38.0 Å². The number of aryl methyl sites for hydroxylation is 4. The third-order valence-electron chi connectivity index (χ3n) is 8.03. The van der Waals surface area contributed by atoms with Gasteiger partial charge in [-0.05, 0) is 25.7 Å². The first kappa shape index (κ1) is 36.9. The van der Waals surface area contributed by atoms with Crippen LogP contribution in [0.2, 0.25) is 0 Å². The maximum Gasteiger partial charge on any atom is 0.341 e. The molecule has 5 aromatic rings. The Balaban J connectivity index is 1.66. The highest BCUT2D eigenvalue weighted by Gasteiger charge is 2.26. The van der Waals surface area contributed by atoms with E-state index in [0.717, 1.165) is 25.7 Å². The van der Waals surface area contributed by atoms with Gasteiger partial charge in [0.15, 0.2) is 46.3 Å². The van der Waals surface area contributed by atoms with Gasteiger partial charge in [-0.25, -0.2) is 28.9 Å². The predicted octanol–water partition coefficient (Wildman–Crippen LogP) is 5.36. The third-order valence-corrected chi connectivity index (χ3v) is 8.03. The largest absolute Gasteiger partial charge is 0.477 e. The molecule has 0 aliphatic carbocycles. The Morgan fingerprint density at radius 1 is 0.692 bits per heavy atom. The van der Waals surface area contributed by atoms with Crippen LogP contribution in [-0.2, 0) is 26.9 Å². The number of azo groups is 2. The van der Waals surface area contributed by atoms with E-state index in [1.54, 1.807) is 29.5 Å². The molecule has 0 aromatic carbocycles. The average Bonchev–Trinajstić information content (AvgIpc) is 3.87. The number of nitrogens with zero attached hydrogens (tertiary/aromatic N) is 16. The molecule has 0 saturated carbocycles. The molecule has 0 atom stereocenters. The molecule has 0 unspecified atom stereocenters. The second-order valence-electron chi connectivity index (χ2n) is 12.3. The van der Waals surface area contributed by atoms with E-state index in [1.807, 2.05) is 38.0 Å². The van der Waals surface area contributed by atoms with E-state index in [1.165, 1.54) is 28.1 Å². The summed E-state index contributed by atoms with van der Waals surface area (Å²) < 4.78 is 6.01. The van der Waals surface area contributed by atoms with Crippen LogP contribution in [0.5, 0.6) is 0 Å². The van der Waals surface area contributed by atoms with Crippen LogP contribution in [0.4, 0.5) is 34.6 Å². The summed E-state index contributed by atoms with van der Waals surface area (Å²) in [5, 5.41) is 55.0. The van der Waals surface area contributed by atoms with E-state index in [9.17, 15) is 19.8 Å². The number of aromatic nitrogens is 10. The fourth-order valence-corrected chi connectivity index (χ4v) is 5.41. The van der Waals surface area contributed by atoms with Crippen molar-refractivity contribution in [3.05, 3.63) is 47.3 Å². The Kier molecular flexibility index (Phi) is 11.1. The molecule has 0 fully saturated rings. The zero-order valence-corrected chi connectivity index (χ0v) is 30.4. The molecule has 5 rings (SSSR count). The highest BCUT2D eigenvalue weighted by atomic mass is 16.4. The molecule has 0 bridgehead atoms. The molecule has 2 N–H and O–H groups in total. The van der Waals surface area contributed by atoms with Gasteiger partial charge in [0.05, 0.1) is 23.8 Å². The van der Waals surface area contributed by atoms with E-state index in [4.69, 9.17) is 10.2 Å². The summed E-state index contributed by atoms with van der Waals surface area (Å²) in [6, 6.07) is 1.74. The van der Waals surface area contributed by atoms with Crippen LogP contribution in [0.25, 0.3) is 11.6 Å². The van der Waals surface area contributed by atoms with Gasteiger partial charge in [-0.2, -0.15) is 29.8 Å². The number of hydrogen-bond acceptors (Lipinski definition) is 14. The molecule has 0 radical (unpaired) electrons. The fourth-order valence-electron chi connectivity index (χ4n) is 5.41. The zero-order chi connectivity index (χ0) is 37.7. The number of aromatic carboxylic acids is 2. The van der Waals surface area contributed by atoms with Gasteiger partial charge >= 0.3 is 11.9 Å². The molecule has 0 spiro atoms. The van der Waals surface area contributed by atoms with Gasteiger partial charge in [0.1, 0.15) is 17.5 Å². The highest BCUT2D eigenvalue weighted by Crippen LogP contribution is 2.38. The van der Waals surface area contributed by atoms with Crippen molar-refractivity contribution in [3.63, 3.8) is 0 Å². The van der Waals surface area contributed by atoms with E-state index in [2.05, 4.69) is 54.5 Å². The Labute approximate surface area is 299 Å². The first-order valence-corrected chi connectivity index (χ1v) is 16.6. The molecule has 0 amide bonds. The number of carbonyl (C=O) groups is 2. The second-order valence-corrected chi connectivity index (χ2v) is 12.3. The Morgan fingerprint density at radius 2 is 1.10 bits per heavy atom. The molecule has 20 heteroatoms. The second kappa shape index (κ2) is 15.7. The minimum atomic E-state index is -1.16. The van der Waals surface area contributed by atoms with Gasteiger partial charge in [-0.15, -0.1) is 20.5 Å². The molecule has 20 nitrogen and oxygen atoms in total. The third kappa shape index (κ3) is 7.39. The monoisotopic (exact) mass is 714 g/mol. The first-order valence-electron chi connectivity index (χ1n) is 16.6. The molecule has 5 aromatic heterocycles. The van der Waals surface area contributed by atoms with Crippen LogP contribution in [0.15, 0.2) is 45.2 Å². The van der Waals surface area contributed by atoms with Crippen molar-refractivity contribution >= 4 is 46.6 Å². The number of unbranched alkanes of at least 4 members (excludes halogenated alkanes) is 2. The van der Waals surface area contributed by atoms with Crippen molar-refractivity contribution in [1.29, 1.82) is 0 Å². The van der Waals surface area contributed by atoms with Crippen LogP contribution in [0.1, 0.15) is 71.6 Å². The minimum Gasteiger partial charge on any atom is -0.477 e. The topological polar surface area (TPSA) is 228 Å². The van der Waals surface area contributed by atoms with Crippen molar-refractivity contribution < 1.29 is 19.8 Å². The molecule has 5 heterocycles. The SMILES string of the molecule is CCCCc1nn(-c2cc(-n3nc(CCCC)c(N=Nc4c(C(=O)O)cnn4C)c3N(C)C)ncn2)c(N(C)C)c1N=Nc1c(C(=O)O)cnn1C. The van der Waals surface area contributed by atoms with Crippen LogP contribution in [0.3, 0.4) is 0 Å². The first-order chi connectivity index (χ1) is 24.9. The number of carboxylic acid groups (broad SMARTS) is 2. The lowest BCUT2D eigenvalue weighted by atomic mass is 10.2. The lowest BCUT2D eigenvalue weighted by Crippen LogP contribution is -2.17. The molecule has 0 aliphatic heterocycles. The summed E-state index contributed by atoms with van der Waals surface area (Å²) in [6.45, 7) is 4.15.